The molecule has 0 radical (unpaired) electrons. The van der Waals surface area contributed by atoms with Crippen LogP contribution in [-0.4, -0.2) is 29.1 Å². The number of hydrogen-bond acceptors (Lipinski definition) is 4. The second kappa shape index (κ2) is 10.3. The van der Waals surface area contributed by atoms with Crippen molar-refractivity contribution in [1.29, 1.82) is 0 Å². The number of aryl methyl sites for hydroxylation is 2. The minimum Gasteiger partial charge on any atom is -0.376 e. The van der Waals surface area contributed by atoms with Gasteiger partial charge in [0.1, 0.15) is 5.82 Å². The van der Waals surface area contributed by atoms with E-state index in [1.807, 2.05) is 29.7 Å². The third-order valence-corrected chi connectivity index (χ3v) is 7.55. The number of halogens is 1. The largest absolute Gasteiger partial charge is 0.376 e. The minimum atomic E-state index is -0.177. The minimum absolute atomic E-state index is 0.0185. The van der Waals surface area contributed by atoms with E-state index in [1.165, 1.54) is 5.56 Å². The molecule has 2 unspecified atom stereocenters. The highest BCUT2D eigenvalue weighted by Gasteiger charge is 2.32. The molecule has 0 bridgehead atoms. The van der Waals surface area contributed by atoms with Crippen molar-refractivity contribution >= 4 is 11.9 Å². The van der Waals surface area contributed by atoms with E-state index >= 15 is 0 Å². The van der Waals surface area contributed by atoms with E-state index in [1.54, 1.807) is 24.1 Å². The molecule has 1 N–H and O–H groups in total. The van der Waals surface area contributed by atoms with E-state index < -0.39 is 0 Å². The molecule has 1 aromatic carbocycles. The molecule has 4 rings (SSSR count). The van der Waals surface area contributed by atoms with E-state index in [0.717, 1.165) is 55.5 Å². The van der Waals surface area contributed by atoms with Crippen molar-refractivity contribution in [3.05, 3.63) is 69.4 Å². The molecule has 1 aromatic heterocycles. The Balaban J connectivity index is 1.41. The van der Waals surface area contributed by atoms with E-state index in [0.29, 0.717) is 12.5 Å². The Morgan fingerprint density at radius 2 is 1.84 bits per heavy atom. The third-order valence-electron chi connectivity index (χ3n) is 6.80. The van der Waals surface area contributed by atoms with E-state index in [-0.39, 0.29) is 29.6 Å². The summed E-state index contributed by atoms with van der Waals surface area (Å²) in [6, 6.07) is 11.2. The fourth-order valence-corrected chi connectivity index (χ4v) is 5.64. The first kappa shape index (κ1) is 22.6. The zero-order valence-electron chi connectivity index (χ0n) is 18.5. The molecule has 168 valence electrons. The average Bonchev–Trinajstić information content (AvgIpc) is 2.80. The standard InChI is InChI=1S/C25H33FN2O2S/c1-3-31-27-23-15-12-21-11-4-17(2)25(29)28(21)24(23)16-30-22-13-7-19(8-14-22)18-5-9-20(26)10-6-18/h4-6,9-11,19,22-24,27H,3,7-8,12-16H2,1-2H3. The summed E-state index contributed by atoms with van der Waals surface area (Å²) < 4.78 is 25.2. The monoisotopic (exact) mass is 444 g/mol. The summed E-state index contributed by atoms with van der Waals surface area (Å²) in [4.78, 5) is 13.0. The molecule has 2 aliphatic rings. The highest BCUT2D eigenvalue weighted by molar-refractivity contribution is 7.97. The van der Waals surface area contributed by atoms with Crippen molar-refractivity contribution in [2.24, 2.45) is 0 Å². The van der Waals surface area contributed by atoms with Crippen molar-refractivity contribution in [1.82, 2.24) is 9.29 Å². The number of benzene rings is 1. The first-order valence-corrected chi connectivity index (χ1v) is 12.5. The van der Waals surface area contributed by atoms with Crippen LogP contribution in [-0.2, 0) is 11.2 Å². The van der Waals surface area contributed by atoms with Crippen molar-refractivity contribution in [2.45, 2.75) is 76.5 Å². The maximum absolute atomic E-state index is 13.2. The van der Waals surface area contributed by atoms with Gasteiger partial charge in [0.25, 0.3) is 5.56 Å². The van der Waals surface area contributed by atoms with Gasteiger partial charge in [-0.3, -0.25) is 9.52 Å². The summed E-state index contributed by atoms with van der Waals surface area (Å²) in [6.07, 6.45) is 6.28. The molecular formula is C25H33FN2O2S. The van der Waals surface area contributed by atoms with Crippen LogP contribution in [0.1, 0.15) is 67.8 Å². The van der Waals surface area contributed by atoms with Gasteiger partial charge in [-0.25, -0.2) is 4.39 Å². The number of nitrogens with zero attached hydrogens (tertiary/aromatic N) is 1. The Bertz CT molecular complexity index is 922. The number of nitrogens with one attached hydrogen (secondary N) is 1. The molecule has 0 spiro atoms. The number of fused-ring (bicyclic) bond motifs is 1. The maximum Gasteiger partial charge on any atom is 0.254 e. The fraction of sp³-hybridized carbons (Fsp3) is 0.560. The van der Waals surface area contributed by atoms with Gasteiger partial charge in [0, 0.05) is 23.1 Å². The summed E-state index contributed by atoms with van der Waals surface area (Å²) in [5.41, 5.74) is 3.24. The van der Waals surface area contributed by atoms with Gasteiger partial charge in [0.2, 0.25) is 0 Å². The smallest absolute Gasteiger partial charge is 0.254 e. The molecule has 2 atom stereocenters. The molecule has 1 aliphatic carbocycles. The van der Waals surface area contributed by atoms with Crippen LogP contribution < -0.4 is 10.3 Å². The van der Waals surface area contributed by atoms with Crippen LogP contribution in [0, 0.1) is 12.7 Å². The number of rotatable bonds is 7. The predicted molar refractivity (Wildman–Crippen MR) is 125 cm³/mol. The molecule has 0 saturated heterocycles. The zero-order valence-corrected chi connectivity index (χ0v) is 19.3. The van der Waals surface area contributed by atoms with E-state index in [4.69, 9.17) is 4.74 Å². The molecular weight excluding hydrogens is 411 g/mol. The second-order valence-corrected chi connectivity index (χ2v) is 9.91. The molecule has 2 aromatic rings. The Kier molecular flexibility index (Phi) is 7.51. The van der Waals surface area contributed by atoms with Crippen molar-refractivity contribution < 1.29 is 9.13 Å². The molecule has 6 heteroatoms. The molecule has 0 amide bonds. The van der Waals surface area contributed by atoms with Crippen molar-refractivity contribution in [3.8, 4) is 0 Å². The van der Waals surface area contributed by atoms with E-state index in [9.17, 15) is 9.18 Å². The molecule has 2 heterocycles. The predicted octanol–water partition coefficient (Wildman–Crippen LogP) is 5.15. The van der Waals surface area contributed by atoms with Gasteiger partial charge >= 0.3 is 0 Å². The van der Waals surface area contributed by atoms with E-state index in [2.05, 4.69) is 17.7 Å². The number of hydrogen-bond donors (Lipinski definition) is 1. The lowest BCUT2D eigenvalue weighted by atomic mass is 9.82. The topological polar surface area (TPSA) is 43.3 Å². The lowest BCUT2D eigenvalue weighted by Gasteiger charge is -2.37. The van der Waals surface area contributed by atoms with Crippen LogP contribution in [0.3, 0.4) is 0 Å². The first-order chi connectivity index (χ1) is 15.1. The van der Waals surface area contributed by atoms with Crippen LogP contribution >= 0.6 is 11.9 Å². The molecule has 1 saturated carbocycles. The summed E-state index contributed by atoms with van der Waals surface area (Å²) in [5, 5.41) is 0. The van der Waals surface area contributed by atoms with Crippen LogP contribution in [0.2, 0.25) is 0 Å². The third kappa shape index (κ3) is 5.24. The van der Waals surface area contributed by atoms with Gasteiger partial charge < -0.3 is 9.30 Å². The highest BCUT2D eigenvalue weighted by Crippen LogP contribution is 2.35. The average molecular weight is 445 g/mol. The summed E-state index contributed by atoms with van der Waals surface area (Å²) in [5.74, 6) is 1.30. The zero-order chi connectivity index (χ0) is 21.8. The van der Waals surface area contributed by atoms with Crippen LogP contribution in [0.5, 0.6) is 0 Å². The van der Waals surface area contributed by atoms with Crippen molar-refractivity contribution in [3.63, 3.8) is 0 Å². The summed E-state index contributed by atoms with van der Waals surface area (Å²) >= 11 is 1.72. The Labute approximate surface area is 188 Å². The number of aromatic nitrogens is 1. The first-order valence-electron chi connectivity index (χ1n) is 11.5. The molecule has 31 heavy (non-hydrogen) atoms. The summed E-state index contributed by atoms with van der Waals surface area (Å²) in [7, 11) is 0. The van der Waals surface area contributed by atoms with Gasteiger partial charge in [-0.05, 0) is 75.1 Å². The van der Waals surface area contributed by atoms with Crippen LogP contribution in [0.15, 0.2) is 41.2 Å². The molecule has 1 fully saturated rings. The highest BCUT2D eigenvalue weighted by atomic mass is 32.2. The normalized spacial score (nSPS) is 25.9. The van der Waals surface area contributed by atoms with Gasteiger partial charge in [0.05, 0.1) is 18.8 Å². The Morgan fingerprint density at radius 1 is 1.10 bits per heavy atom. The van der Waals surface area contributed by atoms with Gasteiger partial charge in [0.15, 0.2) is 0 Å². The lowest BCUT2D eigenvalue weighted by Crippen LogP contribution is -2.46. The van der Waals surface area contributed by atoms with Gasteiger partial charge in [-0.1, -0.05) is 37.1 Å². The maximum atomic E-state index is 13.2. The van der Waals surface area contributed by atoms with Crippen LogP contribution in [0.4, 0.5) is 4.39 Å². The van der Waals surface area contributed by atoms with Gasteiger partial charge in [-0.15, -0.1) is 0 Å². The van der Waals surface area contributed by atoms with Gasteiger partial charge in [-0.2, -0.15) is 0 Å². The Hall–Kier alpha value is -1.63. The van der Waals surface area contributed by atoms with Crippen LogP contribution in [0.25, 0.3) is 0 Å². The summed E-state index contributed by atoms with van der Waals surface area (Å²) in [6.45, 7) is 4.59. The second-order valence-electron chi connectivity index (χ2n) is 8.80. The Morgan fingerprint density at radius 3 is 2.55 bits per heavy atom. The van der Waals surface area contributed by atoms with Crippen molar-refractivity contribution in [2.75, 3.05) is 12.4 Å². The SMILES string of the molecule is CCSNC1CCc2ccc(C)c(=O)n2C1COC1CCC(c2ccc(F)cc2)CC1. The molecule has 1 aliphatic heterocycles. The number of ether oxygens (including phenoxy) is 1. The lowest BCUT2D eigenvalue weighted by molar-refractivity contribution is -0.00152. The number of pyridine rings is 1. The quantitative estimate of drug-likeness (QED) is 0.600. The molecule has 4 nitrogen and oxygen atoms in total. The fourth-order valence-electron chi connectivity index (χ4n) is 4.99.